The van der Waals surface area contributed by atoms with Gasteiger partial charge in [-0.3, -0.25) is 5.32 Å². The zero-order valence-electron chi connectivity index (χ0n) is 14.1. The van der Waals surface area contributed by atoms with E-state index in [1.807, 2.05) is 30.3 Å². The molecule has 0 aliphatic carbocycles. The molecule has 0 unspecified atom stereocenters. The number of benzene rings is 1. The molecule has 0 spiro atoms. The van der Waals surface area contributed by atoms with Gasteiger partial charge in [0.25, 0.3) is 0 Å². The summed E-state index contributed by atoms with van der Waals surface area (Å²) >= 11 is 7.42. The van der Waals surface area contributed by atoms with E-state index in [0.29, 0.717) is 16.2 Å². The molecule has 132 valence electrons. The number of quaternary nitrogens is 1. The largest absolute Gasteiger partial charge is 0.440 e. The number of amides is 1. The summed E-state index contributed by atoms with van der Waals surface area (Å²) in [5.74, 6) is 0.950. The molecule has 1 aromatic carbocycles. The Morgan fingerprint density at radius 2 is 2.04 bits per heavy atom. The Hall–Kier alpha value is -1.63. The summed E-state index contributed by atoms with van der Waals surface area (Å²) in [6.45, 7) is 3.28. The summed E-state index contributed by atoms with van der Waals surface area (Å²) < 4.78 is 7.15. The lowest BCUT2D eigenvalue weighted by Gasteiger charge is -2.49. The molecule has 25 heavy (non-hydrogen) atoms. The summed E-state index contributed by atoms with van der Waals surface area (Å²) in [5.41, 5.74) is 0.975. The number of ether oxygens (including phenoxy) is 1. The minimum absolute atomic E-state index is 0.0122. The Bertz CT molecular complexity index is 772. The van der Waals surface area contributed by atoms with Crippen molar-refractivity contribution in [2.45, 2.75) is 18.9 Å². The maximum absolute atomic E-state index is 12.4. The van der Waals surface area contributed by atoms with Crippen molar-refractivity contribution in [1.29, 1.82) is 0 Å². The molecule has 5 rings (SSSR count). The molecular weight excluding hydrogens is 358 g/mol. The number of aromatic nitrogens is 1. The Balaban J connectivity index is 1.47. The zero-order valence-corrected chi connectivity index (χ0v) is 15.6. The average molecular weight is 379 g/mol. The van der Waals surface area contributed by atoms with Gasteiger partial charge in [0.1, 0.15) is 6.54 Å². The molecular formula is C18H21ClN3O2S+. The predicted octanol–water partition coefficient (Wildman–Crippen LogP) is 4.25. The molecule has 3 aliphatic rings. The third-order valence-corrected chi connectivity index (χ3v) is 6.55. The number of nitrogens with zero attached hydrogens (tertiary/aromatic N) is 2. The van der Waals surface area contributed by atoms with Crippen LogP contribution in [0.2, 0.25) is 4.47 Å². The fourth-order valence-corrected chi connectivity index (χ4v) is 4.98. The molecule has 3 fully saturated rings. The lowest BCUT2D eigenvalue weighted by molar-refractivity contribution is -0.928. The maximum atomic E-state index is 12.4. The van der Waals surface area contributed by atoms with E-state index in [2.05, 4.69) is 17.3 Å². The summed E-state index contributed by atoms with van der Waals surface area (Å²) in [6, 6.07) is 9.78. The first kappa shape index (κ1) is 16.8. The minimum atomic E-state index is -0.440. The number of likely N-dealkylation sites (N-methyl/N-ethyl adjacent to an activating group) is 1. The highest BCUT2D eigenvalue weighted by Gasteiger charge is 2.45. The number of piperidine rings is 3. The van der Waals surface area contributed by atoms with Crippen LogP contribution in [0, 0.1) is 5.92 Å². The van der Waals surface area contributed by atoms with Crippen molar-refractivity contribution in [3.8, 4) is 10.4 Å². The molecule has 2 bridgehead atoms. The second-order valence-corrected chi connectivity index (χ2v) is 8.75. The quantitative estimate of drug-likeness (QED) is 0.812. The van der Waals surface area contributed by atoms with Gasteiger partial charge >= 0.3 is 6.09 Å². The van der Waals surface area contributed by atoms with Crippen LogP contribution < -0.4 is 5.32 Å². The number of nitrogens with one attached hydrogen (secondary N) is 1. The van der Waals surface area contributed by atoms with E-state index < -0.39 is 6.09 Å². The van der Waals surface area contributed by atoms with E-state index in [1.165, 1.54) is 24.4 Å². The van der Waals surface area contributed by atoms with E-state index in [1.54, 1.807) is 0 Å². The summed E-state index contributed by atoms with van der Waals surface area (Å²) in [4.78, 5) is 17.5. The minimum Gasteiger partial charge on any atom is -0.440 e. The van der Waals surface area contributed by atoms with Crippen molar-refractivity contribution in [3.63, 3.8) is 0 Å². The maximum Gasteiger partial charge on any atom is 0.413 e. The lowest BCUT2D eigenvalue weighted by atomic mass is 9.84. The first-order chi connectivity index (χ1) is 12.0. The number of halogens is 1. The smallest absolute Gasteiger partial charge is 0.413 e. The van der Waals surface area contributed by atoms with Gasteiger partial charge in [-0.1, -0.05) is 41.9 Å². The standard InChI is InChI=1S/C18H20ClN3O2S/c1-22-9-7-12(8-10-22)14(11-22)24-18(23)21-16-15(25-17(19)20-16)13-5-3-2-4-6-13/h2-6,12,14H,7-11H2,1H3/p+1/t12?,14-,22?/m0/s1. The Labute approximate surface area is 156 Å². The summed E-state index contributed by atoms with van der Waals surface area (Å²) in [5, 5.41) is 2.80. The van der Waals surface area contributed by atoms with Crippen LogP contribution in [0.3, 0.4) is 0 Å². The van der Waals surface area contributed by atoms with E-state index >= 15 is 0 Å². The van der Waals surface area contributed by atoms with E-state index in [0.717, 1.165) is 34.3 Å². The molecule has 5 nitrogen and oxygen atoms in total. The number of carbonyl (C=O) groups is 1. The Kier molecular flexibility index (Phi) is 4.43. The van der Waals surface area contributed by atoms with Crippen LogP contribution in [0.15, 0.2) is 30.3 Å². The summed E-state index contributed by atoms with van der Waals surface area (Å²) in [7, 11) is 2.25. The molecule has 1 N–H and O–H groups in total. The van der Waals surface area contributed by atoms with E-state index in [4.69, 9.17) is 16.3 Å². The van der Waals surface area contributed by atoms with Gasteiger partial charge in [-0.25, -0.2) is 9.78 Å². The van der Waals surface area contributed by atoms with Crippen molar-refractivity contribution in [1.82, 2.24) is 4.98 Å². The van der Waals surface area contributed by atoms with Crippen LogP contribution in [0.5, 0.6) is 0 Å². The Morgan fingerprint density at radius 3 is 2.72 bits per heavy atom. The highest BCUT2D eigenvalue weighted by atomic mass is 35.5. The molecule has 2 aromatic rings. The van der Waals surface area contributed by atoms with E-state index in [9.17, 15) is 4.79 Å². The van der Waals surface area contributed by atoms with E-state index in [-0.39, 0.29) is 6.10 Å². The lowest BCUT2D eigenvalue weighted by Crippen LogP contribution is -2.62. The number of rotatable bonds is 3. The molecule has 1 amide bonds. The molecule has 1 aromatic heterocycles. The van der Waals surface area contributed by atoms with Gasteiger partial charge in [0.15, 0.2) is 16.4 Å². The zero-order chi connectivity index (χ0) is 17.4. The molecule has 0 radical (unpaired) electrons. The highest BCUT2D eigenvalue weighted by Crippen LogP contribution is 2.37. The second-order valence-electron chi connectivity index (χ2n) is 7.17. The van der Waals surface area contributed by atoms with Crippen molar-refractivity contribution >= 4 is 34.8 Å². The van der Waals surface area contributed by atoms with Crippen molar-refractivity contribution < 1.29 is 14.0 Å². The third kappa shape index (κ3) is 3.52. The van der Waals surface area contributed by atoms with Gasteiger partial charge < -0.3 is 9.22 Å². The Morgan fingerprint density at radius 1 is 1.32 bits per heavy atom. The van der Waals surface area contributed by atoms with Crippen LogP contribution in [0.4, 0.5) is 10.6 Å². The fourth-order valence-electron chi connectivity index (χ4n) is 3.91. The highest BCUT2D eigenvalue weighted by molar-refractivity contribution is 7.19. The number of thiazole rings is 1. The number of anilines is 1. The normalized spacial score (nSPS) is 27.9. The summed E-state index contributed by atoms with van der Waals surface area (Å²) in [6.07, 6.45) is 1.81. The van der Waals surface area contributed by atoms with Gasteiger partial charge in [0.05, 0.1) is 25.0 Å². The fraction of sp³-hybridized carbons (Fsp3) is 0.444. The average Bonchev–Trinajstić information content (AvgIpc) is 2.96. The molecule has 3 aliphatic heterocycles. The topological polar surface area (TPSA) is 51.2 Å². The van der Waals surface area contributed by atoms with Gasteiger partial charge in [-0.15, -0.1) is 11.3 Å². The number of fused-ring (bicyclic) bond motifs is 3. The van der Waals surface area contributed by atoms with Gasteiger partial charge in [0.2, 0.25) is 0 Å². The van der Waals surface area contributed by atoms with Crippen molar-refractivity contribution in [2.24, 2.45) is 5.92 Å². The van der Waals surface area contributed by atoms with Crippen LogP contribution in [-0.4, -0.2) is 48.3 Å². The van der Waals surface area contributed by atoms with Crippen LogP contribution in [0.25, 0.3) is 10.4 Å². The second kappa shape index (κ2) is 6.59. The predicted molar refractivity (Wildman–Crippen MR) is 100.0 cm³/mol. The van der Waals surface area contributed by atoms with Crippen molar-refractivity contribution in [3.05, 3.63) is 34.8 Å². The number of carbonyl (C=O) groups excluding carboxylic acids is 1. The molecule has 1 atom stereocenters. The molecule has 3 saturated heterocycles. The van der Waals surface area contributed by atoms with Gasteiger partial charge in [-0.05, 0) is 5.56 Å². The van der Waals surface area contributed by atoms with Crippen molar-refractivity contribution in [2.75, 3.05) is 32.0 Å². The third-order valence-electron chi connectivity index (χ3n) is 5.34. The number of hydrogen-bond donors (Lipinski definition) is 1. The molecule has 7 heteroatoms. The first-order valence-corrected chi connectivity index (χ1v) is 9.75. The monoisotopic (exact) mass is 378 g/mol. The molecule has 4 heterocycles. The first-order valence-electron chi connectivity index (χ1n) is 8.55. The molecule has 0 saturated carbocycles. The van der Waals surface area contributed by atoms with Crippen LogP contribution in [-0.2, 0) is 4.74 Å². The number of hydrogen-bond acceptors (Lipinski definition) is 4. The SMILES string of the molecule is C[N+]12CCC(CC1)[C@@H](OC(=O)Nc1nc(Cl)sc1-c1ccccc1)C2. The van der Waals surface area contributed by atoms with Gasteiger partial charge in [0, 0.05) is 18.8 Å². The van der Waals surface area contributed by atoms with Crippen LogP contribution in [0.1, 0.15) is 12.8 Å². The van der Waals surface area contributed by atoms with Gasteiger partial charge in [-0.2, -0.15) is 0 Å². The van der Waals surface area contributed by atoms with Crippen LogP contribution >= 0.6 is 22.9 Å².